The second-order valence-corrected chi connectivity index (χ2v) is 8.44. The van der Waals surface area contributed by atoms with Crippen LogP contribution in [0.15, 0.2) is 34.9 Å². The molecule has 1 fully saturated rings. The van der Waals surface area contributed by atoms with Crippen molar-refractivity contribution < 1.29 is 14.1 Å². The molecule has 1 amide bonds. The van der Waals surface area contributed by atoms with E-state index in [1.807, 2.05) is 11.8 Å². The summed E-state index contributed by atoms with van der Waals surface area (Å²) < 4.78 is 11.0. The maximum absolute atomic E-state index is 12.4. The van der Waals surface area contributed by atoms with E-state index in [2.05, 4.69) is 55.1 Å². The standard InChI is InChI=1S/C22H31N3O3/c1-17-16-20(28-23-17)21(26)25-13-11-24(12-14-25)10-5-15-27-19-8-6-18(7-9-19)22(2,3)4/h6-9,16H,5,10-15H2,1-4H3. The van der Waals surface area contributed by atoms with Crippen LogP contribution in [-0.2, 0) is 5.41 Å². The number of piperazine rings is 1. The third-order valence-corrected chi connectivity index (χ3v) is 5.11. The molecule has 1 aromatic heterocycles. The summed E-state index contributed by atoms with van der Waals surface area (Å²) >= 11 is 0. The molecular formula is C22H31N3O3. The topological polar surface area (TPSA) is 58.8 Å². The molecule has 0 N–H and O–H groups in total. The molecule has 0 radical (unpaired) electrons. The number of aromatic nitrogens is 1. The number of nitrogens with zero attached hydrogens (tertiary/aromatic N) is 3. The summed E-state index contributed by atoms with van der Waals surface area (Å²) in [6, 6.07) is 10.1. The molecule has 0 unspecified atom stereocenters. The van der Waals surface area contributed by atoms with Gasteiger partial charge in [-0.15, -0.1) is 0 Å². The van der Waals surface area contributed by atoms with E-state index in [1.165, 1.54) is 5.56 Å². The van der Waals surface area contributed by atoms with Crippen LogP contribution in [0.2, 0.25) is 0 Å². The Hall–Kier alpha value is -2.34. The van der Waals surface area contributed by atoms with Gasteiger partial charge in [-0.05, 0) is 36.5 Å². The zero-order chi connectivity index (χ0) is 20.1. The van der Waals surface area contributed by atoms with Crippen LogP contribution < -0.4 is 4.74 Å². The summed E-state index contributed by atoms with van der Waals surface area (Å²) in [5.74, 6) is 1.19. The van der Waals surface area contributed by atoms with Gasteiger partial charge in [-0.1, -0.05) is 38.1 Å². The molecule has 1 aromatic carbocycles. The zero-order valence-electron chi connectivity index (χ0n) is 17.4. The van der Waals surface area contributed by atoms with E-state index in [-0.39, 0.29) is 11.3 Å². The average molecular weight is 386 g/mol. The molecule has 0 spiro atoms. The number of benzene rings is 1. The molecule has 2 aromatic rings. The van der Waals surface area contributed by atoms with Crippen LogP contribution in [0.5, 0.6) is 5.75 Å². The highest BCUT2D eigenvalue weighted by Crippen LogP contribution is 2.24. The van der Waals surface area contributed by atoms with E-state index in [1.54, 1.807) is 6.07 Å². The first-order chi connectivity index (χ1) is 13.3. The summed E-state index contributed by atoms with van der Waals surface area (Å²) in [5.41, 5.74) is 2.21. The second-order valence-electron chi connectivity index (χ2n) is 8.44. The van der Waals surface area contributed by atoms with Gasteiger partial charge in [-0.2, -0.15) is 0 Å². The van der Waals surface area contributed by atoms with Crippen molar-refractivity contribution in [2.24, 2.45) is 0 Å². The van der Waals surface area contributed by atoms with Crippen LogP contribution in [0.4, 0.5) is 0 Å². The van der Waals surface area contributed by atoms with Crippen molar-refractivity contribution in [2.45, 2.75) is 39.5 Å². The van der Waals surface area contributed by atoms with Crippen molar-refractivity contribution in [3.8, 4) is 5.75 Å². The van der Waals surface area contributed by atoms with E-state index in [4.69, 9.17) is 9.26 Å². The highest BCUT2D eigenvalue weighted by atomic mass is 16.5. The molecule has 0 aliphatic carbocycles. The average Bonchev–Trinajstić information content (AvgIpc) is 3.11. The van der Waals surface area contributed by atoms with Gasteiger partial charge in [0.05, 0.1) is 12.3 Å². The summed E-state index contributed by atoms with van der Waals surface area (Å²) in [6.45, 7) is 13.3. The Bertz CT molecular complexity index is 769. The van der Waals surface area contributed by atoms with E-state index in [9.17, 15) is 4.79 Å². The van der Waals surface area contributed by atoms with Crippen molar-refractivity contribution in [2.75, 3.05) is 39.3 Å². The SMILES string of the molecule is Cc1cc(C(=O)N2CCN(CCCOc3ccc(C(C)(C)C)cc3)CC2)on1. The first-order valence-corrected chi connectivity index (χ1v) is 10.0. The van der Waals surface area contributed by atoms with Crippen LogP contribution >= 0.6 is 0 Å². The summed E-state index contributed by atoms with van der Waals surface area (Å²) in [4.78, 5) is 16.6. The van der Waals surface area contributed by atoms with Gasteiger partial charge in [0.2, 0.25) is 5.76 Å². The van der Waals surface area contributed by atoms with Gasteiger partial charge in [0, 0.05) is 38.8 Å². The highest BCUT2D eigenvalue weighted by Gasteiger charge is 2.24. The molecule has 1 aliphatic heterocycles. The molecule has 1 saturated heterocycles. The van der Waals surface area contributed by atoms with Gasteiger partial charge >= 0.3 is 0 Å². The molecule has 28 heavy (non-hydrogen) atoms. The molecule has 0 saturated carbocycles. The lowest BCUT2D eigenvalue weighted by Gasteiger charge is -2.34. The highest BCUT2D eigenvalue weighted by molar-refractivity contribution is 5.91. The number of carbonyl (C=O) groups is 1. The van der Waals surface area contributed by atoms with Gasteiger partial charge < -0.3 is 14.2 Å². The molecule has 0 bridgehead atoms. The molecular weight excluding hydrogens is 354 g/mol. The lowest BCUT2D eigenvalue weighted by atomic mass is 9.87. The number of ether oxygens (including phenoxy) is 1. The summed E-state index contributed by atoms with van der Waals surface area (Å²) in [5, 5.41) is 3.79. The number of hydrogen-bond donors (Lipinski definition) is 0. The Labute approximate surface area is 167 Å². The zero-order valence-corrected chi connectivity index (χ0v) is 17.4. The Morgan fingerprint density at radius 1 is 1.14 bits per heavy atom. The first kappa shape index (κ1) is 20.4. The monoisotopic (exact) mass is 385 g/mol. The van der Waals surface area contributed by atoms with Crippen molar-refractivity contribution in [3.63, 3.8) is 0 Å². The molecule has 3 rings (SSSR count). The lowest BCUT2D eigenvalue weighted by molar-refractivity contribution is 0.0591. The van der Waals surface area contributed by atoms with Crippen LogP contribution in [-0.4, -0.2) is 60.2 Å². The second kappa shape index (κ2) is 8.78. The van der Waals surface area contributed by atoms with Gasteiger partial charge in [0.15, 0.2) is 0 Å². The Morgan fingerprint density at radius 3 is 2.39 bits per heavy atom. The minimum atomic E-state index is -0.0673. The molecule has 1 aliphatic rings. The van der Waals surface area contributed by atoms with E-state index < -0.39 is 0 Å². The minimum absolute atomic E-state index is 0.0673. The predicted molar refractivity (Wildman–Crippen MR) is 109 cm³/mol. The maximum atomic E-state index is 12.4. The largest absolute Gasteiger partial charge is 0.494 e. The Kier molecular flexibility index (Phi) is 6.39. The Balaban J connectivity index is 1.35. The summed E-state index contributed by atoms with van der Waals surface area (Å²) in [7, 11) is 0. The van der Waals surface area contributed by atoms with Gasteiger partial charge in [-0.25, -0.2) is 0 Å². The molecule has 2 heterocycles. The summed E-state index contributed by atoms with van der Waals surface area (Å²) in [6.07, 6.45) is 0.969. The number of carbonyl (C=O) groups excluding carboxylic acids is 1. The maximum Gasteiger partial charge on any atom is 0.292 e. The van der Waals surface area contributed by atoms with Crippen LogP contribution in [0, 0.1) is 6.92 Å². The van der Waals surface area contributed by atoms with Gasteiger partial charge in [-0.3, -0.25) is 9.69 Å². The number of amides is 1. The number of rotatable bonds is 6. The van der Waals surface area contributed by atoms with Crippen molar-refractivity contribution in [1.29, 1.82) is 0 Å². The number of hydrogen-bond acceptors (Lipinski definition) is 5. The Morgan fingerprint density at radius 2 is 1.82 bits per heavy atom. The molecule has 152 valence electrons. The fraction of sp³-hybridized carbons (Fsp3) is 0.545. The van der Waals surface area contributed by atoms with E-state index >= 15 is 0 Å². The number of aryl methyl sites for hydroxylation is 1. The van der Waals surface area contributed by atoms with Gasteiger partial charge in [0.1, 0.15) is 5.75 Å². The van der Waals surface area contributed by atoms with E-state index in [0.29, 0.717) is 25.5 Å². The predicted octanol–water partition coefficient (Wildman–Crippen LogP) is 3.51. The fourth-order valence-corrected chi connectivity index (χ4v) is 3.32. The third kappa shape index (κ3) is 5.35. The van der Waals surface area contributed by atoms with Crippen LogP contribution in [0.25, 0.3) is 0 Å². The molecule has 0 atom stereocenters. The molecule has 6 heteroatoms. The van der Waals surface area contributed by atoms with Crippen LogP contribution in [0.3, 0.4) is 0 Å². The van der Waals surface area contributed by atoms with Crippen molar-refractivity contribution in [1.82, 2.24) is 15.0 Å². The van der Waals surface area contributed by atoms with Crippen molar-refractivity contribution in [3.05, 3.63) is 47.3 Å². The normalized spacial score (nSPS) is 15.6. The lowest BCUT2D eigenvalue weighted by Crippen LogP contribution is -2.48. The van der Waals surface area contributed by atoms with Gasteiger partial charge in [0.25, 0.3) is 5.91 Å². The fourth-order valence-electron chi connectivity index (χ4n) is 3.32. The smallest absolute Gasteiger partial charge is 0.292 e. The minimum Gasteiger partial charge on any atom is -0.494 e. The van der Waals surface area contributed by atoms with Crippen LogP contribution in [0.1, 0.15) is 49.0 Å². The van der Waals surface area contributed by atoms with E-state index in [0.717, 1.165) is 37.5 Å². The van der Waals surface area contributed by atoms with Crippen molar-refractivity contribution >= 4 is 5.91 Å². The first-order valence-electron chi connectivity index (χ1n) is 10.0. The third-order valence-electron chi connectivity index (χ3n) is 5.11. The quantitative estimate of drug-likeness (QED) is 0.712. The molecule has 6 nitrogen and oxygen atoms in total.